The number of nitrogens with zero attached hydrogens (tertiary/aromatic N) is 2. The molecule has 0 saturated carbocycles. The molecule has 8 heteroatoms. The van der Waals surface area contributed by atoms with E-state index >= 15 is 0 Å². The number of urea groups is 1. The summed E-state index contributed by atoms with van der Waals surface area (Å²) < 4.78 is 6.30. The minimum Gasteiger partial charge on any atom is -0.437 e. The van der Waals surface area contributed by atoms with Crippen molar-refractivity contribution in [3.05, 3.63) is 127 Å². The van der Waals surface area contributed by atoms with Gasteiger partial charge in [-0.15, -0.1) is 0 Å². The van der Waals surface area contributed by atoms with Crippen molar-refractivity contribution in [3.8, 4) is 22.5 Å². The molecule has 212 valence electrons. The number of hydrogen-bond acceptors (Lipinski definition) is 6. The van der Waals surface area contributed by atoms with Gasteiger partial charge in [-0.05, 0) is 48.7 Å². The predicted octanol–water partition coefficient (Wildman–Crippen LogP) is 8.06. The van der Waals surface area contributed by atoms with Gasteiger partial charge in [0.2, 0.25) is 5.71 Å². The largest absolute Gasteiger partial charge is 0.437 e. The Hall–Kier alpha value is -5.76. The number of carbonyl (C=O) groups excluding carboxylic acids is 2. The number of benzene rings is 4. The van der Waals surface area contributed by atoms with Crippen LogP contribution in [0.15, 0.2) is 120 Å². The molecule has 3 N–H and O–H groups in total. The van der Waals surface area contributed by atoms with E-state index < -0.39 is 0 Å². The molecule has 0 radical (unpaired) electrons. The Morgan fingerprint density at radius 1 is 0.744 bits per heavy atom. The number of anilines is 3. The van der Waals surface area contributed by atoms with E-state index in [1.807, 2.05) is 72.8 Å². The maximum Gasteiger partial charge on any atom is 0.323 e. The highest BCUT2D eigenvalue weighted by atomic mass is 16.3. The molecule has 6 rings (SSSR count). The summed E-state index contributed by atoms with van der Waals surface area (Å²) in [6.45, 7) is 2.12. The van der Waals surface area contributed by atoms with Crippen LogP contribution in [-0.4, -0.2) is 28.3 Å². The Morgan fingerprint density at radius 2 is 1.44 bits per heavy atom. The van der Waals surface area contributed by atoms with E-state index in [1.165, 1.54) is 13.3 Å². The second kappa shape index (κ2) is 12.4. The third kappa shape index (κ3) is 6.28. The van der Waals surface area contributed by atoms with Gasteiger partial charge in [-0.3, -0.25) is 4.79 Å². The number of rotatable bonds is 9. The van der Waals surface area contributed by atoms with E-state index in [0.29, 0.717) is 35.0 Å². The number of amides is 2. The zero-order valence-corrected chi connectivity index (χ0v) is 23.5. The molecule has 0 saturated heterocycles. The van der Waals surface area contributed by atoms with Gasteiger partial charge in [0.15, 0.2) is 5.78 Å². The summed E-state index contributed by atoms with van der Waals surface area (Å²) in [5.74, 6) is 1.40. The summed E-state index contributed by atoms with van der Waals surface area (Å²) in [6, 6.07) is 34.3. The zero-order chi connectivity index (χ0) is 29.6. The molecule has 0 unspecified atom stereocenters. The third-order valence-electron chi connectivity index (χ3n) is 7.03. The van der Waals surface area contributed by atoms with Gasteiger partial charge in [0.1, 0.15) is 17.9 Å². The molecule has 2 aromatic heterocycles. The van der Waals surface area contributed by atoms with Crippen molar-refractivity contribution >= 4 is 40.1 Å². The topological polar surface area (TPSA) is 109 Å². The molecular formula is C35H29N5O3. The Balaban J connectivity index is 1.14. The minimum atomic E-state index is -0.382. The van der Waals surface area contributed by atoms with E-state index in [-0.39, 0.29) is 11.8 Å². The quantitative estimate of drug-likeness (QED) is 0.153. The Morgan fingerprint density at radius 3 is 2.16 bits per heavy atom. The van der Waals surface area contributed by atoms with Crippen LogP contribution in [-0.2, 0) is 6.42 Å². The van der Waals surface area contributed by atoms with Crippen LogP contribution < -0.4 is 16.0 Å². The normalized spacial score (nSPS) is 10.8. The maximum atomic E-state index is 12.5. The van der Waals surface area contributed by atoms with E-state index in [9.17, 15) is 9.59 Å². The molecule has 0 aliphatic carbocycles. The number of carbonyl (C=O) groups is 2. The third-order valence-corrected chi connectivity index (χ3v) is 7.03. The van der Waals surface area contributed by atoms with Crippen LogP contribution in [0.25, 0.3) is 33.6 Å². The smallest absolute Gasteiger partial charge is 0.323 e. The summed E-state index contributed by atoms with van der Waals surface area (Å²) in [7, 11) is 0. The van der Waals surface area contributed by atoms with Crippen molar-refractivity contribution in [1.82, 2.24) is 9.97 Å². The van der Waals surface area contributed by atoms with Crippen molar-refractivity contribution in [1.29, 1.82) is 0 Å². The van der Waals surface area contributed by atoms with Gasteiger partial charge in [-0.25, -0.2) is 14.8 Å². The summed E-state index contributed by atoms with van der Waals surface area (Å²) in [5, 5.41) is 9.91. The second-order valence-corrected chi connectivity index (χ2v) is 10.0. The number of furan rings is 1. The lowest BCUT2D eigenvalue weighted by Crippen LogP contribution is -2.19. The van der Waals surface area contributed by atoms with Gasteiger partial charge < -0.3 is 20.4 Å². The highest BCUT2D eigenvalue weighted by molar-refractivity contribution is 6.06. The van der Waals surface area contributed by atoms with Crippen LogP contribution in [0.4, 0.5) is 22.0 Å². The van der Waals surface area contributed by atoms with Gasteiger partial charge in [-0.1, -0.05) is 84.9 Å². The molecule has 0 spiro atoms. The average Bonchev–Trinajstić information content (AvgIpc) is 3.43. The molecule has 0 fully saturated rings. The molecule has 0 atom stereocenters. The molecule has 0 aliphatic rings. The van der Waals surface area contributed by atoms with Gasteiger partial charge in [0.25, 0.3) is 0 Å². The maximum absolute atomic E-state index is 12.5. The first-order valence-electron chi connectivity index (χ1n) is 14.0. The first kappa shape index (κ1) is 27.4. The lowest BCUT2D eigenvalue weighted by molar-refractivity contribution is 0.101. The summed E-state index contributed by atoms with van der Waals surface area (Å²) in [4.78, 5) is 33.1. The molecule has 8 nitrogen and oxygen atoms in total. The van der Waals surface area contributed by atoms with Gasteiger partial charge >= 0.3 is 6.03 Å². The number of ketones is 1. The van der Waals surface area contributed by atoms with Crippen LogP contribution in [0.3, 0.4) is 0 Å². The summed E-state index contributed by atoms with van der Waals surface area (Å²) in [6.07, 6.45) is 2.25. The van der Waals surface area contributed by atoms with E-state index in [2.05, 4.69) is 38.1 Å². The standard InChI is InChI=1S/C35H29N5O3/c1-23(41)27-13-8-14-29(21-27)40-35(42)39-28-17-15-24(16-18-28)19-20-36-33-31-30(25-9-4-2-5-10-25)32(26-11-6-3-7-12-26)43-34(31)38-22-37-33/h2-18,21-22H,19-20H2,1H3,(H,36,37,38)(H2,39,40,42). The second-order valence-electron chi connectivity index (χ2n) is 10.0. The molecule has 0 aliphatic heterocycles. The summed E-state index contributed by atoms with van der Waals surface area (Å²) >= 11 is 0. The van der Waals surface area contributed by atoms with Crippen LogP contribution in [0.1, 0.15) is 22.8 Å². The number of fused-ring (bicyclic) bond motifs is 1. The first-order valence-corrected chi connectivity index (χ1v) is 14.0. The van der Waals surface area contributed by atoms with Crippen molar-refractivity contribution in [2.45, 2.75) is 13.3 Å². The van der Waals surface area contributed by atoms with E-state index in [4.69, 9.17) is 4.42 Å². The van der Waals surface area contributed by atoms with Crippen molar-refractivity contribution in [2.24, 2.45) is 0 Å². The van der Waals surface area contributed by atoms with Crippen LogP contribution in [0.2, 0.25) is 0 Å². The molecule has 43 heavy (non-hydrogen) atoms. The zero-order valence-electron chi connectivity index (χ0n) is 23.5. The van der Waals surface area contributed by atoms with E-state index in [0.717, 1.165) is 39.8 Å². The van der Waals surface area contributed by atoms with Crippen molar-refractivity contribution in [3.63, 3.8) is 0 Å². The predicted molar refractivity (Wildman–Crippen MR) is 170 cm³/mol. The van der Waals surface area contributed by atoms with E-state index in [1.54, 1.807) is 24.3 Å². The minimum absolute atomic E-state index is 0.0587. The summed E-state index contributed by atoms with van der Waals surface area (Å²) in [5.41, 5.74) is 6.32. The number of Topliss-reactive ketones (excluding diaryl/α,β-unsaturated/α-hetero) is 1. The van der Waals surface area contributed by atoms with Crippen molar-refractivity contribution < 1.29 is 14.0 Å². The van der Waals surface area contributed by atoms with Gasteiger partial charge in [0.05, 0.1) is 5.39 Å². The number of hydrogen-bond donors (Lipinski definition) is 3. The molecule has 6 aromatic rings. The number of aromatic nitrogens is 2. The molecule has 2 heterocycles. The average molecular weight is 568 g/mol. The fraction of sp³-hybridized carbons (Fsp3) is 0.0857. The first-order chi connectivity index (χ1) is 21.0. The SMILES string of the molecule is CC(=O)c1cccc(NC(=O)Nc2ccc(CCNc3ncnc4oc(-c5ccccc5)c(-c5ccccc5)c34)cc2)c1. The molecular weight excluding hydrogens is 538 g/mol. The van der Waals surface area contributed by atoms with Gasteiger partial charge in [-0.2, -0.15) is 0 Å². The Kier molecular flexibility index (Phi) is 7.91. The van der Waals surface area contributed by atoms with Gasteiger partial charge in [0, 0.05) is 34.6 Å². The fourth-order valence-corrected chi connectivity index (χ4v) is 4.93. The number of nitrogens with one attached hydrogen (secondary N) is 3. The molecule has 4 aromatic carbocycles. The van der Waals surface area contributed by atoms with Crippen LogP contribution in [0.5, 0.6) is 0 Å². The molecule has 2 amide bonds. The van der Waals surface area contributed by atoms with Crippen molar-refractivity contribution in [2.75, 3.05) is 22.5 Å². The highest BCUT2D eigenvalue weighted by Gasteiger charge is 2.21. The Labute approximate surface area is 248 Å². The highest BCUT2D eigenvalue weighted by Crippen LogP contribution is 2.42. The lowest BCUT2D eigenvalue weighted by Gasteiger charge is -2.10. The lowest BCUT2D eigenvalue weighted by atomic mass is 9.99. The van der Waals surface area contributed by atoms with Crippen LogP contribution >= 0.6 is 0 Å². The Bertz CT molecular complexity index is 1880. The monoisotopic (exact) mass is 567 g/mol. The molecule has 0 bridgehead atoms. The van der Waals surface area contributed by atoms with Crippen LogP contribution in [0, 0.1) is 0 Å². The fourth-order valence-electron chi connectivity index (χ4n) is 4.93.